The lowest BCUT2D eigenvalue weighted by atomic mass is 10.1. The summed E-state index contributed by atoms with van der Waals surface area (Å²) in [7, 11) is -3.70. The topological polar surface area (TPSA) is 75.3 Å². The Morgan fingerprint density at radius 1 is 1.12 bits per heavy atom. The molecule has 0 aromatic heterocycles. The van der Waals surface area contributed by atoms with E-state index in [1.807, 2.05) is 18.2 Å². The molecule has 0 saturated carbocycles. The lowest BCUT2D eigenvalue weighted by molar-refractivity contribution is -0.119. The zero-order chi connectivity index (χ0) is 17.6. The van der Waals surface area contributed by atoms with E-state index in [0.717, 1.165) is 5.56 Å². The van der Waals surface area contributed by atoms with E-state index in [0.29, 0.717) is 23.6 Å². The first-order chi connectivity index (χ1) is 11.4. The highest BCUT2D eigenvalue weighted by Gasteiger charge is 2.17. The average Bonchev–Trinajstić information content (AvgIpc) is 2.53. The Labute approximate surface area is 147 Å². The lowest BCUT2D eigenvalue weighted by Crippen LogP contribution is -2.37. The fraction of sp³-hybridized carbons (Fsp3) is 0.235. The monoisotopic (exact) mass is 366 g/mol. The van der Waals surface area contributed by atoms with Gasteiger partial charge in [-0.15, -0.1) is 0 Å². The molecule has 2 N–H and O–H groups in total. The number of halogens is 1. The number of aryl methyl sites for hydroxylation is 1. The third-order valence-corrected chi connectivity index (χ3v) is 5.23. The molecule has 5 nitrogen and oxygen atoms in total. The number of rotatable bonds is 7. The van der Waals surface area contributed by atoms with Gasteiger partial charge in [0.1, 0.15) is 0 Å². The van der Waals surface area contributed by atoms with Gasteiger partial charge in [0.25, 0.3) is 0 Å². The second-order valence-electron chi connectivity index (χ2n) is 5.32. The van der Waals surface area contributed by atoms with Crippen LogP contribution in [0.2, 0.25) is 5.02 Å². The molecule has 2 aromatic rings. The quantitative estimate of drug-likeness (QED) is 0.789. The molecule has 0 unspecified atom stereocenters. The van der Waals surface area contributed by atoms with Gasteiger partial charge >= 0.3 is 0 Å². The van der Waals surface area contributed by atoms with Crippen LogP contribution in [0.4, 0.5) is 0 Å². The van der Waals surface area contributed by atoms with Crippen molar-refractivity contribution in [2.45, 2.75) is 18.2 Å². The van der Waals surface area contributed by atoms with Gasteiger partial charge in [0.2, 0.25) is 15.9 Å². The molecule has 0 heterocycles. The summed E-state index contributed by atoms with van der Waals surface area (Å²) in [5.74, 6) is -0.380. The molecule has 2 rings (SSSR count). The average molecular weight is 367 g/mol. The van der Waals surface area contributed by atoms with Crippen molar-refractivity contribution >= 4 is 27.5 Å². The van der Waals surface area contributed by atoms with E-state index in [1.165, 1.54) is 6.07 Å². The molecule has 0 atom stereocenters. The summed E-state index contributed by atoms with van der Waals surface area (Å²) in [5.41, 5.74) is 1.63. The maximum Gasteiger partial charge on any atom is 0.241 e. The number of hydrogen-bond acceptors (Lipinski definition) is 3. The Balaban J connectivity index is 1.82. The third-order valence-electron chi connectivity index (χ3n) is 3.43. The van der Waals surface area contributed by atoms with Gasteiger partial charge in [-0.05, 0) is 42.7 Å². The Morgan fingerprint density at radius 2 is 1.88 bits per heavy atom. The second kappa shape index (κ2) is 8.28. The van der Waals surface area contributed by atoms with Crippen molar-refractivity contribution in [2.24, 2.45) is 0 Å². The zero-order valence-corrected chi connectivity index (χ0v) is 14.8. The molecule has 0 saturated heterocycles. The smallest absolute Gasteiger partial charge is 0.241 e. The third kappa shape index (κ3) is 5.33. The van der Waals surface area contributed by atoms with E-state index in [-0.39, 0.29) is 17.3 Å². The molecule has 2 aromatic carbocycles. The van der Waals surface area contributed by atoms with E-state index < -0.39 is 10.0 Å². The number of benzene rings is 2. The molecule has 7 heteroatoms. The highest BCUT2D eigenvalue weighted by Crippen LogP contribution is 2.13. The number of carbonyl (C=O) groups is 1. The molecular formula is C17H19ClN2O3S. The summed E-state index contributed by atoms with van der Waals surface area (Å²) in [6.07, 6.45) is 0.622. The van der Waals surface area contributed by atoms with Crippen molar-refractivity contribution < 1.29 is 13.2 Å². The molecule has 0 spiro atoms. The highest BCUT2D eigenvalue weighted by atomic mass is 35.5. The first-order valence-electron chi connectivity index (χ1n) is 7.45. The molecular weight excluding hydrogens is 348 g/mol. The van der Waals surface area contributed by atoms with Crippen LogP contribution in [0.1, 0.15) is 11.1 Å². The number of hydrogen-bond donors (Lipinski definition) is 2. The van der Waals surface area contributed by atoms with Crippen LogP contribution in [-0.2, 0) is 21.2 Å². The van der Waals surface area contributed by atoms with Crippen molar-refractivity contribution in [3.8, 4) is 0 Å². The lowest BCUT2D eigenvalue weighted by Gasteiger charge is -2.09. The van der Waals surface area contributed by atoms with Crippen molar-refractivity contribution in [1.29, 1.82) is 0 Å². The predicted molar refractivity (Wildman–Crippen MR) is 94.5 cm³/mol. The number of nitrogens with one attached hydrogen (secondary N) is 2. The minimum absolute atomic E-state index is 0.178. The largest absolute Gasteiger partial charge is 0.355 e. The molecule has 24 heavy (non-hydrogen) atoms. The van der Waals surface area contributed by atoms with E-state index >= 15 is 0 Å². The fourth-order valence-electron chi connectivity index (χ4n) is 2.20. The van der Waals surface area contributed by atoms with Gasteiger partial charge in [-0.25, -0.2) is 13.1 Å². The molecule has 0 aliphatic heterocycles. The first kappa shape index (κ1) is 18.4. The van der Waals surface area contributed by atoms with E-state index in [1.54, 1.807) is 31.2 Å². The Bertz CT molecular complexity index is 822. The Hall–Kier alpha value is -1.89. The molecule has 0 fully saturated rings. The fourth-order valence-corrected chi connectivity index (χ4v) is 3.64. The van der Waals surface area contributed by atoms with Crippen LogP contribution in [0, 0.1) is 6.92 Å². The van der Waals surface area contributed by atoms with Gasteiger partial charge in [-0.1, -0.05) is 41.9 Å². The van der Waals surface area contributed by atoms with Crippen LogP contribution < -0.4 is 10.0 Å². The molecule has 0 bridgehead atoms. The zero-order valence-electron chi connectivity index (χ0n) is 13.3. The van der Waals surface area contributed by atoms with E-state index in [4.69, 9.17) is 11.6 Å². The van der Waals surface area contributed by atoms with Gasteiger partial charge in [0.15, 0.2) is 0 Å². The van der Waals surface area contributed by atoms with Crippen LogP contribution in [0.3, 0.4) is 0 Å². The highest BCUT2D eigenvalue weighted by molar-refractivity contribution is 7.89. The molecule has 128 valence electrons. The first-order valence-corrected chi connectivity index (χ1v) is 9.31. The summed E-state index contributed by atoms with van der Waals surface area (Å²) in [5, 5.41) is 3.32. The molecule has 0 aliphatic carbocycles. The second-order valence-corrected chi connectivity index (χ2v) is 7.49. The van der Waals surface area contributed by atoms with E-state index in [9.17, 15) is 13.2 Å². The van der Waals surface area contributed by atoms with Crippen LogP contribution in [0.15, 0.2) is 53.4 Å². The van der Waals surface area contributed by atoms with Crippen molar-refractivity contribution in [2.75, 3.05) is 13.1 Å². The van der Waals surface area contributed by atoms with Crippen LogP contribution in [-0.4, -0.2) is 27.4 Å². The van der Waals surface area contributed by atoms with Crippen molar-refractivity contribution in [1.82, 2.24) is 10.0 Å². The minimum Gasteiger partial charge on any atom is -0.355 e. The van der Waals surface area contributed by atoms with Crippen LogP contribution in [0.5, 0.6) is 0 Å². The van der Waals surface area contributed by atoms with Gasteiger partial charge in [-0.3, -0.25) is 4.79 Å². The number of carbonyl (C=O) groups excluding carboxylic acids is 1. The number of amides is 1. The van der Waals surface area contributed by atoms with E-state index in [2.05, 4.69) is 10.0 Å². The summed E-state index contributed by atoms with van der Waals surface area (Å²) in [6.45, 7) is 1.82. The standard InChI is InChI=1S/C17H19ClN2O3S/c1-13-5-2-3-8-16(13)24(22,23)20-12-17(21)19-10-9-14-6-4-7-15(18)11-14/h2-8,11,20H,9-10,12H2,1H3,(H,19,21). The Kier molecular flexibility index (Phi) is 6.36. The normalized spacial score (nSPS) is 11.2. The van der Waals surface area contributed by atoms with Crippen molar-refractivity contribution in [3.63, 3.8) is 0 Å². The van der Waals surface area contributed by atoms with Crippen LogP contribution in [0.25, 0.3) is 0 Å². The molecule has 0 radical (unpaired) electrons. The molecule has 1 amide bonds. The summed E-state index contributed by atoms with van der Waals surface area (Å²) in [6, 6.07) is 14.0. The van der Waals surface area contributed by atoms with Crippen molar-refractivity contribution in [3.05, 3.63) is 64.7 Å². The maximum atomic E-state index is 12.2. The SMILES string of the molecule is Cc1ccccc1S(=O)(=O)NCC(=O)NCCc1cccc(Cl)c1. The van der Waals surface area contributed by atoms with Gasteiger partial charge in [0, 0.05) is 11.6 Å². The predicted octanol–water partition coefficient (Wildman–Crippen LogP) is 2.29. The van der Waals surface area contributed by atoms with Gasteiger partial charge in [0.05, 0.1) is 11.4 Å². The molecule has 0 aliphatic rings. The van der Waals surface area contributed by atoms with Gasteiger partial charge in [-0.2, -0.15) is 0 Å². The van der Waals surface area contributed by atoms with Gasteiger partial charge < -0.3 is 5.32 Å². The van der Waals surface area contributed by atoms with Crippen LogP contribution >= 0.6 is 11.6 Å². The Morgan fingerprint density at radius 3 is 2.58 bits per heavy atom. The number of sulfonamides is 1. The summed E-state index contributed by atoms with van der Waals surface area (Å²) in [4.78, 5) is 12.0. The summed E-state index contributed by atoms with van der Waals surface area (Å²) >= 11 is 5.89. The summed E-state index contributed by atoms with van der Waals surface area (Å²) < 4.78 is 26.7. The maximum absolute atomic E-state index is 12.2. The minimum atomic E-state index is -3.70.